The van der Waals surface area contributed by atoms with E-state index in [0.29, 0.717) is 19.3 Å². The van der Waals surface area contributed by atoms with Crippen LogP contribution < -0.4 is 40.2 Å². The van der Waals surface area contributed by atoms with Crippen molar-refractivity contribution in [2.45, 2.75) is 89.3 Å². The van der Waals surface area contributed by atoms with E-state index in [0.717, 1.165) is 28.3 Å². The molecule has 1 aliphatic rings. The Hall–Kier alpha value is -3.13. The zero-order valence-electron chi connectivity index (χ0n) is 28.9. The first-order chi connectivity index (χ1) is 23.3. The summed E-state index contributed by atoms with van der Waals surface area (Å²) in [5, 5.41) is 17.5. The van der Waals surface area contributed by atoms with Crippen LogP contribution in [0.2, 0.25) is 0 Å². The number of ether oxygens (including phenoxy) is 1. The molecule has 1 saturated carbocycles. The van der Waals surface area contributed by atoms with Crippen molar-refractivity contribution in [1.29, 1.82) is 0 Å². The van der Waals surface area contributed by atoms with Crippen LogP contribution in [0, 0.1) is 17.8 Å². The largest absolute Gasteiger partial charge is 1.00 e. The zero-order valence-corrected chi connectivity index (χ0v) is 31.7. The first-order valence-electron chi connectivity index (χ1n) is 16.7. The summed E-state index contributed by atoms with van der Waals surface area (Å²) in [5.41, 5.74) is -0.914. The number of fused-ring (bicyclic) bond motifs is 1. The van der Waals surface area contributed by atoms with Gasteiger partial charge in [0.2, 0.25) is 5.91 Å². The molecule has 0 heterocycles. The van der Waals surface area contributed by atoms with E-state index in [-0.39, 0.29) is 73.5 Å². The molecular formula is C37H45N2NaO9S. The molecule has 3 aromatic carbocycles. The molecule has 11 nitrogen and oxygen atoms in total. The molecule has 13 heteroatoms. The summed E-state index contributed by atoms with van der Waals surface area (Å²) in [5.74, 6) is -2.98. The molecule has 1 unspecified atom stereocenters. The number of amides is 2. The van der Waals surface area contributed by atoms with Gasteiger partial charge in [0, 0.05) is 31.1 Å². The van der Waals surface area contributed by atoms with Crippen LogP contribution in [0.1, 0.15) is 69.9 Å². The average Bonchev–Trinajstić information content (AvgIpc) is 3.07. The predicted molar refractivity (Wildman–Crippen MR) is 183 cm³/mol. The van der Waals surface area contributed by atoms with Crippen molar-refractivity contribution in [2.75, 3.05) is 0 Å². The van der Waals surface area contributed by atoms with Gasteiger partial charge in [0.05, 0.1) is 12.1 Å². The van der Waals surface area contributed by atoms with Gasteiger partial charge in [-0.1, -0.05) is 93.1 Å². The second-order valence-corrected chi connectivity index (χ2v) is 14.7. The van der Waals surface area contributed by atoms with Crippen LogP contribution >= 0.6 is 0 Å². The number of hydrogen-bond donors (Lipinski definition) is 3. The molecule has 264 valence electrons. The normalized spacial score (nSPS) is 17.2. The molecule has 1 fully saturated rings. The van der Waals surface area contributed by atoms with Crippen molar-refractivity contribution in [3.8, 4) is 0 Å². The fraction of sp³-hybridized carbons (Fsp3) is 0.459. The molecule has 0 aromatic heterocycles. The van der Waals surface area contributed by atoms with Gasteiger partial charge in [0.25, 0.3) is 0 Å². The molecular weight excluding hydrogens is 671 g/mol. The molecule has 0 aliphatic heterocycles. The maximum atomic E-state index is 14.0. The minimum atomic E-state index is -5.24. The van der Waals surface area contributed by atoms with E-state index in [1.807, 2.05) is 74.5 Å². The Kier molecular flexibility index (Phi) is 16.1. The van der Waals surface area contributed by atoms with E-state index in [4.69, 9.17) is 4.74 Å². The number of aliphatic hydroxyl groups is 1. The Labute approximate surface area is 316 Å². The number of carbonyl (C=O) groups is 4. The monoisotopic (exact) mass is 716 g/mol. The summed E-state index contributed by atoms with van der Waals surface area (Å²) in [4.78, 5) is 53.3. The maximum absolute atomic E-state index is 14.0. The number of benzene rings is 3. The standard InChI is InChI=1S/C37H46N2O9S.Na/c1-24(2)19-29(35(42)38-32(36(43)49(45,46)47)21-28-14-7-9-18-33(28)40)22-34(41)31(39-37(44)48-23-25-11-4-3-5-12-25)20-27-16-10-15-26-13-6-8-17-30(26)27;/h3-6,8,10-13,15-17,24,28-29,31-32,36,43H,7,9,14,18-23H2,1-2H3,(H,38,42)(H,39,44)(H,45,46,47);/q;+1/p-1/t28-,29+,31-,32-,36?;/m0./s1. The number of Topliss-reactive ketones (excluding diaryl/α,β-unsaturated/α-hetero) is 2. The molecule has 50 heavy (non-hydrogen) atoms. The molecule has 0 saturated heterocycles. The van der Waals surface area contributed by atoms with E-state index in [1.54, 1.807) is 12.1 Å². The van der Waals surface area contributed by atoms with Gasteiger partial charge in [-0.15, -0.1) is 0 Å². The zero-order chi connectivity index (χ0) is 35.6. The number of hydrogen-bond acceptors (Lipinski definition) is 9. The van der Waals surface area contributed by atoms with Crippen LogP contribution in [0.25, 0.3) is 10.8 Å². The van der Waals surface area contributed by atoms with Crippen LogP contribution in [0.4, 0.5) is 4.79 Å². The summed E-state index contributed by atoms with van der Waals surface area (Å²) in [7, 11) is -5.24. The van der Waals surface area contributed by atoms with Crippen LogP contribution in [0.3, 0.4) is 0 Å². The summed E-state index contributed by atoms with van der Waals surface area (Å²) in [6.07, 6.45) is 1.14. The molecule has 2 amide bonds. The smallest absolute Gasteiger partial charge is 0.746 e. The van der Waals surface area contributed by atoms with Crippen LogP contribution in [0.15, 0.2) is 72.8 Å². The Morgan fingerprint density at radius 3 is 2.32 bits per heavy atom. The van der Waals surface area contributed by atoms with Crippen molar-refractivity contribution in [3.05, 3.63) is 83.9 Å². The van der Waals surface area contributed by atoms with Gasteiger partial charge >= 0.3 is 35.7 Å². The van der Waals surface area contributed by atoms with Crippen molar-refractivity contribution in [3.63, 3.8) is 0 Å². The summed E-state index contributed by atoms with van der Waals surface area (Å²) in [6.45, 7) is 3.69. The van der Waals surface area contributed by atoms with Crippen LogP contribution in [-0.4, -0.2) is 59.2 Å². The molecule has 1 aliphatic carbocycles. The van der Waals surface area contributed by atoms with E-state index < -0.39 is 57.3 Å². The molecule has 0 spiro atoms. The van der Waals surface area contributed by atoms with Gasteiger partial charge in [0.1, 0.15) is 22.5 Å². The molecule has 4 rings (SSSR count). The first-order valence-corrected chi connectivity index (χ1v) is 18.2. The fourth-order valence-electron chi connectivity index (χ4n) is 6.44. The Bertz CT molecular complexity index is 1710. The third-order valence-corrected chi connectivity index (χ3v) is 9.88. The average molecular weight is 717 g/mol. The number of nitrogens with one attached hydrogen (secondary N) is 2. The second-order valence-electron chi connectivity index (χ2n) is 13.2. The summed E-state index contributed by atoms with van der Waals surface area (Å²) >= 11 is 0. The van der Waals surface area contributed by atoms with Crippen LogP contribution in [-0.2, 0) is 42.3 Å². The van der Waals surface area contributed by atoms with Gasteiger partial charge in [-0.3, -0.25) is 14.4 Å². The Morgan fingerprint density at radius 2 is 1.64 bits per heavy atom. The number of aliphatic hydroxyl groups excluding tert-OH is 1. The van der Waals surface area contributed by atoms with Gasteiger partial charge in [-0.2, -0.15) is 0 Å². The van der Waals surface area contributed by atoms with Gasteiger partial charge in [-0.25, -0.2) is 13.2 Å². The third kappa shape index (κ3) is 12.3. The molecule has 5 atom stereocenters. The van der Waals surface area contributed by atoms with E-state index >= 15 is 0 Å². The number of alkyl carbamates (subject to hydrolysis) is 1. The Balaban J connectivity index is 0.00000676. The molecule has 0 radical (unpaired) electrons. The van der Waals surface area contributed by atoms with Crippen molar-refractivity contribution >= 4 is 44.5 Å². The molecule has 3 N–H and O–H groups in total. The second kappa shape index (κ2) is 19.5. The maximum Gasteiger partial charge on any atom is 1.00 e. The third-order valence-electron chi connectivity index (χ3n) is 8.96. The van der Waals surface area contributed by atoms with Crippen molar-refractivity contribution in [1.82, 2.24) is 10.6 Å². The topological polar surface area (TPSA) is 179 Å². The van der Waals surface area contributed by atoms with E-state index in [9.17, 15) is 37.3 Å². The quantitative estimate of drug-likeness (QED) is 0.147. The fourth-order valence-corrected chi connectivity index (χ4v) is 7.02. The summed E-state index contributed by atoms with van der Waals surface area (Å²) < 4.78 is 41.0. The summed E-state index contributed by atoms with van der Waals surface area (Å²) in [6, 6.07) is 19.7. The van der Waals surface area contributed by atoms with E-state index in [1.165, 1.54) is 0 Å². The van der Waals surface area contributed by atoms with Crippen molar-refractivity contribution < 1.29 is 71.5 Å². The minimum Gasteiger partial charge on any atom is -0.746 e. The van der Waals surface area contributed by atoms with E-state index in [2.05, 4.69) is 10.6 Å². The van der Waals surface area contributed by atoms with Gasteiger partial charge in [-0.05, 0) is 53.5 Å². The van der Waals surface area contributed by atoms with Crippen LogP contribution in [0.5, 0.6) is 0 Å². The Morgan fingerprint density at radius 1 is 0.960 bits per heavy atom. The van der Waals surface area contributed by atoms with Gasteiger partial charge in [0.15, 0.2) is 11.2 Å². The molecule has 0 bridgehead atoms. The number of carbonyl (C=O) groups excluding carboxylic acids is 4. The minimum absolute atomic E-state index is 0. The number of ketones is 2. The van der Waals surface area contributed by atoms with Crippen molar-refractivity contribution in [2.24, 2.45) is 17.8 Å². The van der Waals surface area contributed by atoms with Gasteiger partial charge < -0.3 is 25.0 Å². The molecule has 3 aromatic rings. The SMILES string of the molecule is CC(C)C[C@H](CC(=O)[C@H](Cc1cccc2ccccc12)NC(=O)OCc1ccccc1)C(=O)N[C@@H](C[C@@H]1CCCCC1=O)C(O)S(=O)(=O)[O-].[Na+]. The number of rotatable bonds is 16. The first kappa shape index (κ1) is 41.3. The predicted octanol–water partition coefficient (Wildman–Crippen LogP) is 1.80.